The van der Waals surface area contributed by atoms with E-state index in [1.54, 1.807) is 19.1 Å². The molecule has 1 atom stereocenters. The lowest BCUT2D eigenvalue weighted by molar-refractivity contribution is -0.138. The Morgan fingerprint density at radius 2 is 1.86 bits per heavy atom. The zero-order valence-corrected chi connectivity index (χ0v) is 21.4. The van der Waals surface area contributed by atoms with Crippen LogP contribution in [0.4, 0.5) is 5.69 Å². The van der Waals surface area contributed by atoms with Gasteiger partial charge in [0.1, 0.15) is 12.4 Å². The van der Waals surface area contributed by atoms with Crippen molar-refractivity contribution in [2.45, 2.75) is 26.7 Å². The summed E-state index contributed by atoms with van der Waals surface area (Å²) in [5.74, 6) is -0.622. The molecule has 186 valence electrons. The highest BCUT2D eigenvalue weighted by Crippen LogP contribution is 2.41. The standard InChI is InChI=1S/C28H29N3O4S/c1-5-15-35-28(33)25-19(4)30-27(36-17-24(32)31-21-11-7-18(3)8-12-21)23(16-29)26(25)20-9-13-22(14-10-20)34-6-2/h5,7-14,26,30H,1,6,15,17H2,2-4H3,(H,31,32)/t26-/m1/s1. The molecule has 0 saturated carbocycles. The Morgan fingerprint density at radius 3 is 2.47 bits per heavy atom. The van der Waals surface area contributed by atoms with Crippen molar-refractivity contribution in [2.75, 3.05) is 24.3 Å². The maximum Gasteiger partial charge on any atom is 0.337 e. The van der Waals surface area contributed by atoms with Crippen LogP contribution in [0.1, 0.15) is 30.9 Å². The maximum absolute atomic E-state index is 13.0. The Morgan fingerprint density at radius 1 is 1.17 bits per heavy atom. The molecule has 0 saturated heterocycles. The lowest BCUT2D eigenvalue weighted by atomic mass is 9.82. The fourth-order valence-corrected chi connectivity index (χ4v) is 4.63. The lowest BCUT2D eigenvalue weighted by Gasteiger charge is -2.29. The van der Waals surface area contributed by atoms with Crippen molar-refractivity contribution in [1.82, 2.24) is 5.32 Å². The molecule has 2 aromatic carbocycles. The van der Waals surface area contributed by atoms with Gasteiger partial charge in [-0.2, -0.15) is 5.26 Å². The zero-order chi connectivity index (χ0) is 26.1. The van der Waals surface area contributed by atoms with E-state index in [1.165, 1.54) is 17.8 Å². The summed E-state index contributed by atoms with van der Waals surface area (Å²) in [4.78, 5) is 25.6. The van der Waals surface area contributed by atoms with Crippen LogP contribution in [-0.4, -0.2) is 30.8 Å². The van der Waals surface area contributed by atoms with Crippen LogP contribution >= 0.6 is 11.8 Å². The Kier molecular flexibility index (Phi) is 9.37. The van der Waals surface area contributed by atoms with Gasteiger partial charge in [-0.1, -0.05) is 54.2 Å². The monoisotopic (exact) mass is 503 g/mol. The molecule has 0 aromatic heterocycles. The third-order valence-electron chi connectivity index (χ3n) is 5.41. The van der Waals surface area contributed by atoms with Crippen LogP contribution < -0.4 is 15.4 Å². The van der Waals surface area contributed by atoms with Crippen LogP contribution in [0.25, 0.3) is 0 Å². The molecule has 0 spiro atoms. The van der Waals surface area contributed by atoms with Crippen LogP contribution in [-0.2, 0) is 14.3 Å². The number of hydrogen-bond acceptors (Lipinski definition) is 7. The molecule has 1 amide bonds. The summed E-state index contributed by atoms with van der Waals surface area (Å²) in [7, 11) is 0. The number of ether oxygens (including phenoxy) is 2. The van der Waals surface area contributed by atoms with Crippen LogP contribution in [0, 0.1) is 18.3 Å². The van der Waals surface area contributed by atoms with Crippen LogP contribution in [0.3, 0.4) is 0 Å². The van der Waals surface area contributed by atoms with E-state index in [-0.39, 0.29) is 18.3 Å². The van der Waals surface area contributed by atoms with E-state index in [9.17, 15) is 14.9 Å². The topological polar surface area (TPSA) is 100 Å². The molecular formula is C28H29N3O4S. The van der Waals surface area contributed by atoms with Crippen molar-refractivity contribution < 1.29 is 19.1 Å². The normalized spacial score (nSPS) is 15.0. The lowest BCUT2D eigenvalue weighted by Crippen LogP contribution is -2.29. The van der Waals surface area contributed by atoms with Gasteiger partial charge in [-0.05, 0) is 50.6 Å². The molecule has 3 rings (SSSR count). The molecule has 2 N–H and O–H groups in total. The number of rotatable bonds is 10. The Hall–Kier alpha value is -3.96. The van der Waals surface area contributed by atoms with Gasteiger partial charge in [-0.25, -0.2) is 4.79 Å². The number of nitrogens with one attached hydrogen (secondary N) is 2. The van der Waals surface area contributed by atoms with Crippen molar-refractivity contribution in [2.24, 2.45) is 0 Å². The van der Waals surface area contributed by atoms with Crippen molar-refractivity contribution >= 4 is 29.3 Å². The molecule has 7 nitrogen and oxygen atoms in total. The molecule has 0 unspecified atom stereocenters. The highest BCUT2D eigenvalue weighted by atomic mass is 32.2. The van der Waals surface area contributed by atoms with E-state index in [2.05, 4.69) is 23.3 Å². The van der Waals surface area contributed by atoms with Gasteiger partial charge < -0.3 is 20.1 Å². The number of esters is 1. The first-order valence-corrected chi connectivity index (χ1v) is 12.5. The number of carbonyl (C=O) groups is 2. The van der Waals surface area contributed by atoms with Gasteiger partial charge >= 0.3 is 5.97 Å². The van der Waals surface area contributed by atoms with Gasteiger partial charge in [0, 0.05) is 11.4 Å². The van der Waals surface area contributed by atoms with E-state index >= 15 is 0 Å². The van der Waals surface area contributed by atoms with Crippen LogP contribution in [0.2, 0.25) is 0 Å². The smallest absolute Gasteiger partial charge is 0.337 e. The predicted octanol–water partition coefficient (Wildman–Crippen LogP) is 5.19. The average Bonchev–Trinajstić information content (AvgIpc) is 2.87. The summed E-state index contributed by atoms with van der Waals surface area (Å²) in [5, 5.41) is 16.7. The quantitative estimate of drug-likeness (QED) is 0.340. The zero-order valence-electron chi connectivity index (χ0n) is 20.6. The van der Waals surface area contributed by atoms with Gasteiger partial charge in [0.05, 0.1) is 40.5 Å². The minimum atomic E-state index is -0.660. The van der Waals surface area contributed by atoms with E-state index in [4.69, 9.17) is 9.47 Å². The summed E-state index contributed by atoms with van der Waals surface area (Å²) in [6.07, 6.45) is 1.49. The van der Waals surface area contributed by atoms with Gasteiger partial charge in [-0.15, -0.1) is 0 Å². The number of benzene rings is 2. The molecule has 1 aliphatic rings. The molecule has 0 aliphatic carbocycles. The first-order chi connectivity index (χ1) is 17.4. The molecular weight excluding hydrogens is 474 g/mol. The highest BCUT2D eigenvalue weighted by Gasteiger charge is 2.35. The van der Waals surface area contributed by atoms with Crippen molar-refractivity contribution in [3.8, 4) is 11.8 Å². The summed E-state index contributed by atoms with van der Waals surface area (Å²) < 4.78 is 10.9. The summed E-state index contributed by atoms with van der Waals surface area (Å²) in [5.41, 5.74) is 3.77. The number of anilines is 1. The molecule has 0 bridgehead atoms. The largest absolute Gasteiger partial charge is 0.494 e. The highest BCUT2D eigenvalue weighted by molar-refractivity contribution is 8.03. The van der Waals surface area contributed by atoms with E-state index in [1.807, 2.05) is 50.2 Å². The minimum Gasteiger partial charge on any atom is -0.494 e. The molecule has 1 aliphatic heterocycles. The Labute approximate surface area is 215 Å². The first kappa shape index (κ1) is 26.6. The molecule has 8 heteroatoms. The van der Waals surface area contributed by atoms with Gasteiger partial charge in [0.15, 0.2) is 0 Å². The van der Waals surface area contributed by atoms with Gasteiger partial charge in [0.2, 0.25) is 5.91 Å². The van der Waals surface area contributed by atoms with E-state index in [0.717, 1.165) is 11.1 Å². The number of hydrogen-bond donors (Lipinski definition) is 2. The number of amides is 1. The van der Waals surface area contributed by atoms with Gasteiger partial charge in [-0.3, -0.25) is 4.79 Å². The fraction of sp³-hybridized carbons (Fsp3) is 0.250. The van der Waals surface area contributed by atoms with Gasteiger partial charge in [0.25, 0.3) is 0 Å². The molecule has 2 aromatic rings. The minimum absolute atomic E-state index is 0.0536. The first-order valence-electron chi connectivity index (χ1n) is 11.5. The van der Waals surface area contributed by atoms with Crippen molar-refractivity contribution in [1.29, 1.82) is 5.26 Å². The second-order valence-electron chi connectivity index (χ2n) is 8.04. The van der Waals surface area contributed by atoms with Crippen LogP contribution in [0.5, 0.6) is 5.75 Å². The average molecular weight is 504 g/mol. The number of aryl methyl sites for hydroxylation is 1. The SMILES string of the molecule is C=CCOC(=O)C1=C(C)NC(SCC(=O)Nc2ccc(C)cc2)=C(C#N)[C@H]1c1ccc(OCC)cc1. The van der Waals surface area contributed by atoms with Crippen molar-refractivity contribution in [3.05, 3.63) is 94.2 Å². The molecule has 0 fully saturated rings. The van der Waals surface area contributed by atoms with Crippen molar-refractivity contribution in [3.63, 3.8) is 0 Å². The third-order valence-corrected chi connectivity index (χ3v) is 6.42. The van der Waals surface area contributed by atoms with E-state index < -0.39 is 11.9 Å². The molecule has 36 heavy (non-hydrogen) atoms. The van der Waals surface area contributed by atoms with E-state index in [0.29, 0.717) is 39.9 Å². The summed E-state index contributed by atoms with van der Waals surface area (Å²) in [6.45, 7) is 9.81. The summed E-state index contributed by atoms with van der Waals surface area (Å²) >= 11 is 1.21. The number of allylic oxidation sites excluding steroid dienone is 2. The third kappa shape index (κ3) is 6.58. The molecule has 0 radical (unpaired) electrons. The fourth-order valence-electron chi connectivity index (χ4n) is 3.74. The number of nitrogens with zero attached hydrogens (tertiary/aromatic N) is 1. The summed E-state index contributed by atoms with van der Waals surface area (Å²) in [6, 6.07) is 17.1. The molecule has 1 heterocycles. The second-order valence-corrected chi connectivity index (χ2v) is 9.03. The maximum atomic E-state index is 13.0. The number of dihydropyridines is 1. The Bertz CT molecular complexity index is 1220. The number of carbonyl (C=O) groups excluding carboxylic acids is 2. The predicted molar refractivity (Wildman–Crippen MR) is 142 cm³/mol. The van der Waals surface area contributed by atoms with Crippen LogP contribution in [0.15, 0.2) is 83.1 Å². The number of thioether (sulfide) groups is 1. The Balaban J connectivity index is 1.90. The second kappa shape index (κ2) is 12.7. The number of nitriles is 1.